The lowest BCUT2D eigenvalue weighted by atomic mass is 10.1. The molecule has 4 aromatic rings. The summed E-state index contributed by atoms with van der Waals surface area (Å²) >= 11 is 1.51. The van der Waals surface area contributed by atoms with Gasteiger partial charge in [0.25, 0.3) is 0 Å². The number of hydrogen-bond acceptors (Lipinski definition) is 7. The lowest BCUT2D eigenvalue weighted by molar-refractivity contribution is 0.415. The van der Waals surface area contributed by atoms with E-state index >= 15 is 0 Å². The summed E-state index contributed by atoms with van der Waals surface area (Å²) in [6.07, 6.45) is 3.19. The zero-order chi connectivity index (χ0) is 20.1. The number of methoxy groups -OCH3 is 1. The number of rotatable bonds is 7. The molecule has 0 saturated heterocycles. The number of hydrogen-bond donors (Lipinski definition) is 1. The van der Waals surface area contributed by atoms with Gasteiger partial charge in [0.05, 0.1) is 25.1 Å². The highest BCUT2D eigenvalue weighted by Gasteiger charge is 2.08. The summed E-state index contributed by atoms with van der Waals surface area (Å²) in [6, 6.07) is 16.1. The van der Waals surface area contributed by atoms with Gasteiger partial charge in [0.15, 0.2) is 0 Å². The van der Waals surface area contributed by atoms with Crippen molar-refractivity contribution in [3.63, 3.8) is 0 Å². The maximum absolute atomic E-state index is 5.21. The molecule has 29 heavy (non-hydrogen) atoms. The van der Waals surface area contributed by atoms with Gasteiger partial charge in [-0.2, -0.15) is 10.2 Å². The number of nitrogens with one attached hydrogen (secondary N) is 1. The number of anilines is 1. The topological polar surface area (TPSA) is 77.2 Å². The minimum Gasteiger partial charge on any atom is -0.497 e. The van der Waals surface area contributed by atoms with E-state index in [2.05, 4.69) is 56.8 Å². The summed E-state index contributed by atoms with van der Waals surface area (Å²) in [5.74, 6) is 0.822. The van der Waals surface area contributed by atoms with Crippen LogP contribution < -0.4 is 10.2 Å². The zero-order valence-corrected chi connectivity index (χ0v) is 16.9. The molecule has 0 aliphatic rings. The summed E-state index contributed by atoms with van der Waals surface area (Å²) in [4.78, 5) is 8.65. The van der Waals surface area contributed by atoms with E-state index in [0.29, 0.717) is 6.54 Å². The second-order valence-electron chi connectivity index (χ2n) is 6.40. The van der Waals surface area contributed by atoms with Gasteiger partial charge in [-0.3, -0.25) is 5.43 Å². The van der Waals surface area contributed by atoms with Gasteiger partial charge in [0.1, 0.15) is 18.4 Å². The van der Waals surface area contributed by atoms with Crippen LogP contribution in [0.4, 0.5) is 5.13 Å². The van der Waals surface area contributed by atoms with Gasteiger partial charge in [-0.25, -0.2) is 14.6 Å². The summed E-state index contributed by atoms with van der Waals surface area (Å²) in [6.45, 7) is 2.57. The monoisotopic (exact) mass is 404 g/mol. The van der Waals surface area contributed by atoms with Crippen molar-refractivity contribution >= 4 is 22.2 Å². The van der Waals surface area contributed by atoms with Gasteiger partial charge in [-0.05, 0) is 36.8 Å². The Hall–Kier alpha value is -3.52. The Morgan fingerprint density at radius 1 is 1.14 bits per heavy atom. The second kappa shape index (κ2) is 8.66. The Kier molecular flexibility index (Phi) is 5.62. The number of hydrazone groups is 1. The van der Waals surface area contributed by atoms with E-state index in [-0.39, 0.29) is 0 Å². The Bertz CT molecular complexity index is 1090. The van der Waals surface area contributed by atoms with Gasteiger partial charge in [0, 0.05) is 10.9 Å². The molecule has 0 saturated carbocycles. The largest absolute Gasteiger partial charge is 0.497 e. The SMILES string of the molecule is COc1ccc(-c2csc(N/N=C(/Cn3cncn3)c3ccc(C)cc3)n2)cc1. The van der Waals surface area contributed by atoms with Crippen LogP contribution in [0.5, 0.6) is 5.75 Å². The van der Waals surface area contributed by atoms with Crippen molar-refractivity contribution in [2.24, 2.45) is 5.10 Å². The smallest absolute Gasteiger partial charge is 0.203 e. The predicted octanol–water partition coefficient (Wildman–Crippen LogP) is 4.24. The highest BCUT2D eigenvalue weighted by molar-refractivity contribution is 7.14. The van der Waals surface area contributed by atoms with Crippen LogP contribution >= 0.6 is 11.3 Å². The Morgan fingerprint density at radius 2 is 1.93 bits per heavy atom. The Balaban J connectivity index is 1.55. The van der Waals surface area contributed by atoms with Crippen LogP contribution in [0.15, 0.2) is 71.7 Å². The van der Waals surface area contributed by atoms with Gasteiger partial charge in [-0.1, -0.05) is 29.8 Å². The van der Waals surface area contributed by atoms with E-state index in [4.69, 9.17) is 4.74 Å². The molecule has 7 nitrogen and oxygen atoms in total. The van der Waals surface area contributed by atoms with Crippen LogP contribution in [0.25, 0.3) is 11.3 Å². The van der Waals surface area contributed by atoms with Crippen molar-refractivity contribution in [1.82, 2.24) is 19.7 Å². The maximum atomic E-state index is 5.21. The van der Waals surface area contributed by atoms with E-state index in [1.807, 2.05) is 29.6 Å². The third-order valence-corrected chi connectivity index (χ3v) is 5.09. The first-order valence-electron chi connectivity index (χ1n) is 9.03. The van der Waals surface area contributed by atoms with Crippen molar-refractivity contribution in [2.45, 2.75) is 13.5 Å². The highest BCUT2D eigenvalue weighted by atomic mass is 32.1. The van der Waals surface area contributed by atoms with Gasteiger partial charge in [-0.15, -0.1) is 11.3 Å². The molecule has 0 atom stereocenters. The summed E-state index contributed by atoms with van der Waals surface area (Å²) in [7, 11) is 1.66. The quantitative estimate of drug-likeness (QED) is 0.368. The lowest BCUT2D eigenvalue weighted by Crippen LogP contribution is -2.14. The lowest BCUT2D eigenvalue weighted by Gasteiger charge is -2.07. The van der Waals surface area contributed by atoms with Crippen LogP contribution in [0.1, 0.15) is 11.1 Å². The van der Waals surface area contributed by atoms with Crippen LogP contribution in [0.2, 0.25) is 0 Å². The molecular weight excluding hydrogens is 384 g/mol. The molecule has 4 rings (SSSR count). The molecule has 1 N–H and O–H groups in total. The molecule has 8 heteroatoms. The van der Waals surface area contributed by atoms with Crippen molar-refractivity contribution < 1.29 is 4.74 Å². The summed E-state index contributed by atoms with van der Waals surface area (Å²) in [5.41, 5.74) is 8.08. The average molecular weight is 404 g/mol. The number of benzene rings is 2. The third kappa shape index (κ3) is 4.67. The molecule has 0 fully saturated rings. The van der Waals surface area contributed by atoms with Crippen LogP contribution in [0, 0.1) is 6.92 Å². The molecule has 0 unspecified atom stereocenters. The highest BCUT2D eigenvalue weighted by Crippen LogP contribution is 2.26. The van der Waals surface area contributed by atoms with E-state index in [1.54, 1.807) is 18.1 Å². The van der Waals surface area contributed by atoms with Crippen LogP contribution in [-0.4, -0.2) is 32.6 Å². The van der Waals surface area contributed by atoms with Gasteiger partial charge >= 0.3 is 0 Å². The number of ether oxygens (including phenoxy) is 1. The number of nitrogens with zero attached hydrogens (tertiary/aromatic N) is 5. The van der Waals surface area contributed by atoms with Crippen LogP contribution in [0.3, 0.4) is 0 Å². The minimum atomic E-state index is 0.507. The molecule has 0 bridgehead atoms. The Labute approximate surface area is 172 Å². The second-order valence-corrected chi connectivity index (χ2v) is 7.25. The van der Waals surface area contributed by atoms with Gasteiger partial charge < -0.3 is 4.74 Å². The maximum Gasteiger partial charge on any atom is 0.203 e. The van der Waals surface area contributed by atoms with Crippen molar-refractivity contribution in [1.29, 1.82) is 0 Å². The molecule has 2 heterocycles. The van der Waals surface area contributed by atoms with Crippen LogP contribution in [-0.2, 0) is 6.54 Å². The molecule has 0 aliphatic carbocycles. The summed E-state index contributed by atoms with van der Waals surface area (Å²) < 4.78 is 6.95. The Morgan fingerprint density at radius 3 is 2.62 bits per heavy atom. The first-order chi connectivity index (χ1) is 14.2. The predicted molar refractivity (Wildman–Crippen MR) is 115 cm³/mol. The molecule has 0 radical (unpaired) electrons. The standard InChI is InChI=1S/C21H20N6OS/c1-15-3-5-16(6-4-15)19(11-27-14-22-13-23-27)25-26-21-24-20(12-29-21)17-7-9-18(28-2)10-8-17/h3-10,12-14H,11H2,1-2H3,(H,24,26)/b25-19-. The molecular formula is C21H20N6OS. The molecule has 2 aromatic heterocycles. The van der Waals surface area contributed by atoms with Crippen molar-refractivity contribution in [3.8, 4) is 17.0 Å². The molecule has 2 aromatic carbocycles. The third-order valence-electron chi connectivity index (χ3n) is 4.34. The summed E-state index contributed by atoms with van der Waals surface area (Å²) in [5, 5.41) is 11.5. The van der Waals surface area contributed by atoms with E-state index in [1.165, 1.54) is 23.2 Å². The molecule has 146 valence electrons. The average Bonchev–Trinajstić information content (AvgIpc) is 3.44. The molecule has 0 spiro atoms. The fourth-order valence-electron chi connectivity index (χ4n) is 2.74. The number of thiazole rings is 1. The first-order valence-corrected chi connectivity index (χ1v) is 9.91. The van der Waals surface area contributed by atoms with E-state index < -0.39 is 0 Å². The fraction of sp³-hybridized carbons (Fsp3) is 0.143. The number of aryl methyl sites for hydroxylation is 1. The van der Waals surface area contributed by atoms with E-state index in [9.17, 15) is 0 Å². The fourth-order valence-corrected chi connectivity index (χ4v) is 3.40. The van der Waals surface area contributed by atoms with E-state index in [0.717, 1.165) is 33.4 Å². The number of aromatic nitrogens is 4. The normalized spacial score (nSPS) is 11.4. The first kappa shape index (κ1) is 18.8. The van der Waals surface area contributed by atoms with Crippen molar-refractivity contribution in [3.05, 3.63) is 77.7 Å². The molecule has 0 aliphatic heterocycles. The van der Waals surface area contributed by atoms with Gasteiger partial charge in [0.2, 0.25) is 5.13 Å². The van der Waals surface area contributed by atoms with Crippen molar-refractivity contribution in [2.75, 3.05) is 12.5 Å². The zero-order valence-electron chi connectivity index (χ0n) is 16.1. The minimum absolute atomic E-state index is 0.507. The molecule has 0 amide bonds.